The molecule has 1 atom stereocenters. The molecule has 3 amide bonds. The first-order valence-corrected chi connectivity index (χ1v) is 11.3. The molecule has 0 aliphatic carbocycles. The minimum atomic E-state index is -1.04. The van der Waals surface area contributed by atoms with Gasteiger partial charge in [-0.1, -0.05) is 67.9 Å². The molecular formula is C27H23ClN2O4. The first kappa shape index (κ1) is 23.4. The summed E-state index contributed by atoms with van der Waals surface area (Å²) >= 11 is 6.15. The van der Waals surface area contributed by atoms with Gasteiger partial charge in [-0.3, -0.25) is 24.1 Å². The Morgan fingerprint density at radius 2 is 1.47 bits per heavy atom. The summed E-state index contributed by atoms with van der Waals surface area (Å²) in [5.74, 6) is -1.83. The Balaban J connectivity index is 1.67. The Kier molecular flexibility index (Phi) is 6.61. The highest BCUT2D eigenvalue weighted by atomic mass is 35.5. The maximum absolute atomic E-state index is 13.5. The standard InChI is InChI=1S/C27H23ClN2O4/c1-16(2)14-23(30-26(33)19-10-6-7-11-20(19)27(30)34)25(32)29-22-13-12-18(28)15-21(22)24(31)17-8-4-3-5-9-17/h3-13,15-16,23H,14H2,1-2H3,(H,29,32)/t23-/m0/s1. The summed E-state index contributed by atoms with van der Waals surface area (Å²) in [5, 5.41) is 3.12. The van der Waals surface area contributed by atoms with Crippen molar-refractivity contribution in [3.8, 4) is 0 Å². The molecule has 0 aromatic heterocycles. The number of imide groups is 1. The summed E-state index contributed by atoms with van der Waals surface area (Å²) in [5.41, 5.74) is 1.48. The topological polar surface area (TPSA) is 83.6 Å². The lowest BCUT2D eigenvalue weighted by Gasteiger charge is -2.27. The molecule has 0 saturated carbocycles. The number of anilines is 1. The normalized spacial score (nSPS) is 13.7. The number of nitrogens with one attached hydrogen (secondary N) is 1. The molecule has 1 N–H and O–H groups in total. The lowest BCUT2D eigenvalue weighted by atomic mass is 9.99. The Bertz CT molecular complexity index is 1250. The van der Waals surface area contributed by atoms with E-state index in [4.69, 9.17) is 11.6 Å². The first-order valence-electron chi connectivity index (χ1n) is 10.9. The molecule has 1 aliphatic rings. The molecule has 0 fully saturated rings. The van der Waals surface area contributed by atoms with E-state index in [1.807, 2.05) is 13.8 Å². The van der Waals surface area contributed by atoms with E-state index in [0.717, 1.165) is 4.90 Å². The van der Waals surface area contributed by atoms with Gasteiger partial charge in [-0.25, -0.2) is 0 Å². The molecule has 172 valence electrons. The summed E-state index contributed by atoms with van der Waals surface area (Å²) in [6.45, 7) is 3.82. The fourth-order valence-corrected chi connectivity index (χ4v) is 4.21. The van der Waals surface area contributed by atoms with Gasteiger partial charge in [0.1, 0.15) is 6.04 Å². The van der Waals surface area contributed by atoms with Gasteiger partial charge >= 0.3 is 0 Å². The fourth-order valence-electron chi connectivity index (χ4n) is 4.04. The zero-order valence-electron chi connectivity index (χ0n) is 18.7. The van der Waals surface area contributed by atoms with Gasteiger partial charge in [0.2, 0.25) is 5.91 Å². The third-order valence-corrected chi connectivity index (χ3v) is 5.89. The van der Waals surface area contributed by atoms with Crippen molar-refractivity contribution in [2.75, 3.05) is 5.32 Å². The molecule has 3 aromatic rings. The number of hydrogen-bond donors (Lipinski definition) is 1. The predicted molar refractivity (Wildman–Crippen MR) is 130 cm³/mol. The molecule has 0 unspecified atom stereocenters. The second-order valence-corrected chi connectivity index (χ2v) is 8.98. The van der Waals surface area contributed by atoms with E-state index in [0.29, 0.717) is 10.6 Å². The van der Waals surface area contributed by atoms with E-state index < -0.39 is 23.8 Å². The van der Waals surface area contributed by atoms with E-state index in [9.17, 15) is 19.2 Å². The zero-order chi connectivity index (χ0) is 24.4. The van der Waals surface area contributed by atoms with Crippen molar-refractivity contribution >= 4 is 40.8 Å². The molecule has 1 aliphatic heterocycles. The summed E-state index contributed by atoms with van der Waals surface area (Å²) in [4.78, 5) is 53.7. The van der Waals surface area contributed by atoms with Crippen LogP contribution in [0.1, 0.15) is 56.9 Å². The average molecular weight is 475 g/mol. The summed E-state index contributed by atoms with van der Waals surface area (Å²) in [6, 6.07) is 18.7. The summed E-state index contributed by atoms with van der Waals surface area (Å²) < 4.78 is 0. The van der Waals surface area contributed by atoms with Crippen LogP contribution in [0.25, 0.3) is 0 Å². The fraction of sp³-hybridized carbons (Fsp3) is 0.185. The van der Waals surface area contributed by atoms with Crippen molar-refractivity contribution in [2.45, 2.75) is 26.3 Å². The molecule has 4 rings (SSSR count). The van der Waals surface area contributed by atoms with E-state index in [2.05, 4.69) is 5.32 Å². The van der Waals surface area contributed by atoms with Crippen LogP contribution in [0.2, 0.25) is 5.02 Å². The van der Waals surface area contributed by atoms with Gasteiger partial charge in [0.25, 0.3) is 11.8 Å². The van der Waals surface area contributed by atoms with Crippen molar-refractivity contribution < 1.29 is 19.2 Å². The minimum Gasteiger partial charge on any atom is -0.324 e. The van der Waals surface area contributed by atoms with Crippen LogP contribution in [0.5, 0.6) is 0 Å². The van der Waals surface area contributed by atoms with E-state index in [-0.39, 0.29) is 40.5 Å². The third kappa shape index (κ3) is 4.50. The van der Waals surface area contributed by atoms with Crippen LogP contribution < -0.4 is 5.32 Å². The highest BCUT2D eigenvalue weighted by molar-refractivity contribution is 6.31. The van der Waals surface area contributed by atoms with Gasteiger partial charge in [-0.05, 0) is 42.7 Å². The summed E-state index contributed by atoms with van der Waals surface area (Å²) in [7, 11) is 0. The molecule has 0 radical (unpaired) electrons. The van der Waals surface area contributed by atoms with Crippen molar-refractivity contribution in [2.24, 2.45) is 5.92 Å². The number of halogens is 1. The molecule has 0 spiro atoms. The second-order valence-electron chi connectivity index (χ2n) is 8.55. The van der Waals surface area contributed by atoms with E-state index >= 15 is 0 Å². The molecule has 34 heavy (non-hydrogen) atoms. The van der Waals surface area contributed by atoms with Crippen molar-refractivity contribution in [1.29, 1.82) is 0 Å². The smallest absolute Gasteiger partial charge is 0.262 e. The zero-order valence-corrected chi connectivity index (χ0v) is 19.5. The monoisotopic (exact) mass is 474 g/mol. The molecule has 1 heterocycles. The van der Waals surface area contributed by atoms with Gasteiger partial charge in [0, 0.05) is 16.1 Å². The molecule has 7 heteroatoms. The Morgan fingerprint density at radius 3 is 2.06 bits per heavy atom. The van der Waals surface area contributed by atoms with Crippen LogP contribution in [-0.4, -0.2) is 34.4 Å². The number of nitrogens with zero attached hydrogens (tertiary/aromatic N) is 1. The van der Waals surface area contributed by atoms with Crippen LogP contribution in [-0.2, 0) is 4.79 Å². The Hall–Kier alpha value is -3.77. The predicted octanol–water partition coefficient (Wildman–Crippen LogP) is 5.22. The number of amides is 3. The third-order valence-electron chi connectivity index (χ3n) is 5.65. The average Bonchev–Trinajstić information content (AvgIpc) is 3.08. The molecular weight excluding hydrogens is 452 g/mol. The van der Waals surface area contributed by atoms with Crippen LogP contribution in [0.3, 0.4) is 0 Å². The quantitative estimate of drug-likeness (QED) is 0.376. The van der Waals surface area contributed by atoms with Crippen LogP contribution in [0.15, 0.2) is 72.8 Å². The Morgan fingerprint density at radius 1 is 0.882 bits per heavy atom. The van der Waals surface area contributed by atoms with E-state index in [1.54, 1.807) is 66.7 Å². The highest BCUT2D eigenvalue weighted by Crippen LogP contribution is 2.29. The number of rotatable bonds is 7. The van der Waals surface area contributed by atoms with E-state index in [1.165, 1.54) is 6.07 Å². The molecule has 3 aromatic carbocycles. The lowest BCUT2D eigenvalue weighted by molar-refractivity contribution is -0.120. The van der Waals surface area contributed by atoms with Crippen LogP contribution in [0.4, 0.5) is 5.69 Å². The van der Waals surface area contributed by atoms with Gasteiger partial charge in [-0.2, -0.15) is 0 Å². The molecule has 6 nitrogen and oxygen atoms in total. The molecule has 0 bridgehead atoms. The second kappa shape index (κ2) is 9.61. The number of fused-ring (bicyclic) bond motifs is 1. The maximum Gasteiger partial charge on any atom is 0.262 e. The number of carbonyl (C=O) groups excluding carboxylic acids is 4. The summed E-state index contributed by atoms with van der Waals surface area (Å²) in [6.07, 6.45) is 0.271. The Labute approximate surface area is 202 Å². The van der Waals surface area contributed by atoms with Gasteiger partial charge < -0.3 is 5.32 Å². The van der Waals surface area contributed by atoms with Crippen molar-refractivity contribution in [1.82, 2.24) is 4.90 Å². The van der Waals surface area contributed by atoms with Gasteiger partial charge in [-0.15, -0.1) is 0 Å². The first-order chi connectivity index (χ1) is 16.3. The van der Waals surface area contributed by atoms with Crippen molar-refractivity contribution in [3.63, 3.8) is 0 Å². The number of carbonyl (C=O) groups is 4. The van der Waals surface area contributed by atoms with Gasteiger partial charge in [0.15, 0.2) is 5.78 Å². The molecule has 0 saturated heterocycles. The number of hydrogen-bond acceptors (Lipinski definition) is 4. The van der Waals surface area contributed by atoms with Crippen LogP contribution >= 0.6 is 11.6 Å². The van der Waals surface area contributed by atoms with Crippen LogP contribution in [0, 0.1) is 5.92 Å². The number of ketones is 1. The largest absolute Gasteiger partial charge is 0.324 e. The number of benzene rings is 3. The van der Waals surface area contributed by atoms with Crippen molar-refractivity contribution in [3.05, 3.63) is 100 Å². The minimum absolute atomic E-state index is 0.0238. The maximum atomic E-state index is 13.5. The lowest BCUT2D eigenvalue weighted by Crippen LogP contribution is -2.48. The highest BCUT2D eigenvalue weighted by Gasteiger charge is 2.43. The van der Waals surface area contributed by atoms with Gasteiger partial charge in [0.05, 0.1) is 16.8 Å². The SMILES string of the molecule is CC(C)C[C@@H](C(=O)Nc1ccc(Cl)cc1C(=O)c1ccccc1)N1C(=O)c2ccccc2C1=O.